The molecule has 0 amide bonds. The van der Waals surface area contributed by atoms with Crippen molar-refractivity contribution in [2.24, 2.45) is 5.41 Å². The second-order valence-corrected chi connectivity index (χ2v) is 8.28. The Morgan fingerprint density at radius 3 is 2.00 bits per heavy atom. The summed E-state index contributed by atoms with van der Waals surface area (Å²) in [5.41, 5.74) is 7.54. The Balaban J connectivity index is 2.00. The molecular formula is C25H22O. The van der Waals surface area contributed by atoms with E-state index in [2.05, 4.69) is 87.5 Å². The smallest absolute Gasteiger partial charge is 0.143 e. The minimum absolute atomic E-state index is 0.103. The van der Waals surface area contributed by atoms with E-state index in [9.17, 15) is 0 Å². The first-order chi connectivity index (χ1) is 12.6. The lowest BCUT2D eigenvalue weighted by Gasteiger charge is -2.33. The van der Waals surface area contributed by atoms with Crippen LogP contribution in [0.5, 0.6) is 0 Å². The van der Waals surface area contributed by atoms with Crippen LogP contribution in [0, 0.1) is 5.41 Å². The maximum absolute atomic E-state index is 6.41. The summed E-state index contributed by atoms with van der Waals surface area (Å²) in [6.45, 7) is 6.99. The van der Waals surface area contributed by atoms with Crippen LogP contribution in [0.25, 0.3) is 33.4 Å². The van der Waals surface area contributed by atoms with Crippen LogP contribution in [0.3, 0.4) is 0 Å². The molecule has 1 nitrogen and oxygen atoms in total. The molecule has 0 radical (unpaired) electrons. The summed E-state index contributed by atoms with van der Waals surface area (Å²) in [5.74, 6) is 1.32. The minimum atomic E-state index is 0.103. The third kappa shape index (κ3) is 2.10. The molecule has 0 fully saturated rings. The molecule has 0 aliphatic heterocycles. The van der Waals surface area contributed by atoms with Gasteiger partial charge in [-0.3, -0.25) is 0 Å². The van der Waals surface area contributed by atoms with E-state index in [1.165, 1.54) is 33.2 Å². The van der Waals surface area contributed by atoms with Crippen molar-refractivity contribution in [3.8, 4) is 22.5 Å². The molecule has 0 spiro atoms. The molecule has 5 rings (SSSR count). The molecule has 1 atom stereocenters. The predicted octanol–water partition coefficient (Wildman–Crippen LogP) is 7.26. The van der Waals surface area contributed by atoms with Gasteiger partial charge in [-0.15, -0.1) is 0 Å². The lowest BCUT2D eigenvalue weighted by atomic mass is 9.71. The highest BCUT2D eigenvalue weighted by atomic mass is 16.3. The Kier molecular flexibility index (Phi) is 3.18. The monoisotopic (exact) mass is 338 g/mol. The number of benzene rings is 3. The zero-order valence-electron chi connectivity index (χ0n) is 15.4. The molecule has 1 aliphatic rings. The summed E-state index contributed by atoms with van der Waals surface area (Å²) in [4.78, 5) is 0. The molecule has 128 valence electrons. The zero-order chi connectivity index (χ0) is 17.9. The van der Waals surface area contributed by atoms with Crippen LogP contribution < -0.4 is 0 Å². The third-order valence-electron chi connectivity index (χ3n) is 5.52. The van der Waals surface area contributed by atoms with Gasteiger partial charge in [0.15, 0.2) is 0 Å². The Bertz CT molecular complexity index is 1120. The standard InChI is InChI=1S/C25H22O/c1-25(2,3)23-17-11-5-4-10-16(17)22-20-14-8-9-15-21(20)26-24(22)19-13-7-6-12-18(19)23/h4-15,23H,1-3H3. The van der Waals surface area contributed by atoms with E-state index in [1.54, 1.807) is 0 Å². The maximum atomic E-state index is 6.41. The highest BCUT2D eigenvalue weighted by molar-refractivity contribution is 6.04. The Morgan fingerprint density at radius 1 is 0.692 bits per heavy atom. The van der Waals surface area contributed by atoms with Gasteiger partial charge in [-0.05, 0) is 28.2 Å². The second-order valence-electron chi connectivity index (χ2n) is 8.28. The van der Waals surface area contributed by atoms with Gasteiger partial charge in [0, 0.05) is 22.4 Å². The molecule has 1 aliphatic carbocycles. The van der Waals surface area contributed by atoms with Gasteiger partial charge in [0.1, 0.15) is 11.3 Å². The first-order valence-corrected chi connectivity index (χ1v) is 9.26. The topological polar surface area (TPSA) is 13.1 Å². The van der Waals surface area contributed by atoms with Crippen molar-refractivity contribution in [3.63, 3.8) is 0 Å². The van der Waals surface area contributed by atoms with Gasteiger partial charge >= 0.3 is 0 Å². The van der Waals surface area contributed by atoms with Gasteiger partial charge in [-0.1, -0.05) is 87.5 Å². The van der Waals surface area contributed by atoms with Gasteiger partial charge in [-0.25, -0.2) is 0 Å². The van der Waals surface area contributed by atoms with Gasteiger partial charge in [0.25, 0.3) is 0 Å². The van der Waals surface area contributed by atoms with E-state index >= 15 is 0 Å². The molecular weight excluding hydrogens is 316 g/mol. The van der Waals surface area contributed by atoms with Gasteiger partial charge in [0.05, 0.1) is 0 Å². The normalized spacial score (nSPS) is 15.9. The van der Waals surface area contributed by atoms with E-state index in [4.69, 9.17) is 4.42 Å². The Hall–Kier alpha value is -2.80. The highest BCUT2D eigenvalue weighted by Crippen LogP contribution is 2.53. The van der Waals surface area contributed by atoms with Crippen molar-refractivity contribution in [2.45, 2.75) is 26.7 Å². The molecule has 4 aromatic rings. The molecule has 0 saturated heterocycles. The molecule has 1 heteroatoms. The average Bonchev–Trinajstić information content (AvgIpc) is 2.95. The molecule has 1 heterocycles. The van der Waals surface area contributed by atoms with Gasteiger partial charge < -0.3 is 4.42 Å². The van der Waals surface area contributed by atoms with Crippen LogP contribution in [0.4, 0.5) is 0 Å². The van der Waals surface area contributed by atoms with E-state index in [-0.39, 0.29) is 5.41 Å². The molecule has 26 heavy (non-hydrogen) atoms. The van der Waals surface area contributed by atoms with Crippen LogP contribution in [0.2, 0.25) is 0 Å². The van der Waals surface area contributed by atoms with E-state index in [0.717, 1.165) is 11.3 Å². The van der Waals surface area contributed by atoms with Crippen molar-refractivity contribution in [1.82, 2.24) is 0 Å². The molecule has 0 bridgehead atoms. The maximum Gasteiger partial charge on any atom is 0.143 e. The molecule has 1 unspecified atom stereocenters. The van der Waals surface area contributed by atoms with E-state index in [0.29, 0.717) is 5.92 Å². The summed E-state index contributed by atoms with van der Waals surface area (Å²) in [6, 6.07) is 26.0. The van der Waals surface area contributed by atoms with E-state index < -0.39 is 0 Å². The molecule has 3 aromatic carbocycles. The number of furan rings is 1. The van der Waals surface area contributed by atoms with Crippen LogP contribution in [0.1, 0.15) is 37.8 Å². The van der Waals surface area contributed by atoms with Crippen molar-refractivity contribution >= 4 is 11.0 Å². The van der Waals surface area contributed by atoms with Crippen molar-refractivity contribution in [3.05, 3.63) is 83.9 Å². The van der Waals surface area contributed by atoms with E-state index in [1.807, 2.05) is 6.07 Å². The summed E-state index contributed by atoms with van der Waals surface area (Å²) < 4.78 is 6.41. The highest BCUT2D eigenvalue weighted by Gasteiger charge is 2.36. The number of hydrogen-bond donors (Lipinski definition) is 0. The van der Waals surface area contributed by atoms with Crippen molar-refractivity contribution < 1.29 is 4.42 Å². The van der Waals surface area contributed by atoms with Crippen LogP contribution in [0.15, 0.2) is 77.2 Å². The van der Waals surface area contributed by atoms with Crippen molar-refractivity contribution in [2.75, 3.05) is 0 Å². The number of rotatable bonds is 0. The van der Waals surface area contributed by atoms with Crippen LogP contribution >= 0.6 is 0 Å². The minimum Gasteiger partial charge on any atom is -0.455 e. The third-order valence-corrected chi connectivity index (χ3v) is 5.52. The van der Waals surface area contributed by atoms with Gasteiger partial charge in [0.2, 0.25) is 0 Å². The van der Waals surface area contributed by atoms with Crippen LogP contribution in [-0.2, 0) is 0 Å². The molecule has 0 N–H and O–H groups in total. The number of fused-ring (bicyclic) bond motifs is 7. The fourth-order valence-electron chi connectivity index (χ4n) is 4.53. The van der Waals surface area contributed by atoms with Crippen molar-refractivity contribution in [1.29, 1.82) is 0 Å². The van der Waals surface area contributed by atoms with Crippen LogP contribution in [-0.4, -0.2) is 0 Å². The predicted molar refractivity (Wildman–Crippen MR) is 108 cm³/mol. The number of para-hydroxylation sites is 1. The lowest BCUT2D eigenvalue weighted by Crippen LogP contribution is -2.20. The average molecular weight is 338 g/mol. The summed E-state index contributed by atoms with van der Waals surface area (Å²) in [7, 11) is 0. The summed E-state index contributed by atoms with van der Waals surface area (Å²) >= 11 is 0. The first kappa shape index (κ1) is 15.5. The quantitative estimate of drug-likeness (QED) is 0.329. The first-order valence-electron chi connectivity index (χ1n) is 9.26. The SMILES string of the molecule is CC(C)(C)C1c2ccccc2-c2oc3ccccc3c2-c2ccccc21. The fourth-order valence-corrected chi connectivity index (χ4v) is 4.53. The largest absolute Gasteiger partial charge is 0.455 e. The fraction of sp³-hybridized carbons (Fsp3) is 0.200. The molecule has 0 saturated carbocycles. The lowest BCUT2D eigenvalue weighted by molar-refractivity contribution is 0.360. The Morgan fingerprint density at radius 2 is 1.27 bits per heavy atom. The number of hydrogen-bond acceptors (Lipinski definition) is 1. The summed E-state index contributed by atoms with van der Waals surface area (Å²) in [5, 5.41) is 1.19. The summed E-state index contributed by atoms with van der Waals surface area (Å²) in [6.07, 6.45) is 0. The Labute approximate surface area is 154 Å². The van der Waals surface area contributed by atoms with Gasteiger partial charge in [-0.2, -0.15) is 0 Å². The zero-order valence-corrected chi connectivity index (χ0v) is 15.4. The second kappa shape index (κ2) is 5.35. The molecule has 1 aromatic heterocycles.